The number of hydrogen-bond acceptors (Lipinski definition) is 8. The molecule has 2 aromatic heterocycles. The number of aliphatic hydroxyl groups excluding tert-OH is 2. The molecule has 3 heterocycles. The van der Waals surface area contributed by atoms with E-state index in [0.29, 0.717) is 16.6 Å². The van der Waals surface area contributed by atoms with Gasteiger partial charge in [-0.15, -0.1) is 0 Å². The molecule has 7 N–H and O–H groups in total. The van der Waals surface area contributed by atoms with Gasteiger partial charge >= 0.3 is 0 Å². The van der Waals surface area contributed by atoms with Gasteiger partial charge in [0.2, 0.25) is 0 Å². The van der Waals surface area contributed by atoms with Crippen molar-refractivity contribution in [2.45, 2.75) is 31.0 Å². The summed E-state index contributed by atoms with van der Waals surface area (Å²) in [5.74, 6) is 0.188. The molecule has 0 aliphatic carbocycles. The van der Waals surface area contributed by atoms with E-state index in [0.717, 1.165) is 0 Å². The van der Waals surface area contributed by atoms with Crippen LogP contribution in [0.3, 0.4) is 0 Å². The molecule has 0 aromatic carbocycles. The summed E-state index contributed by atoms with van der Waals surface area (Å²) in [4.78, 5) is 8.16. The van der Waals surface area contributed by atoms with Crippen LogP contribution < -0.4 is 11.5 Å². The van der Waals surface area contributed by atoms with Gasteiger partial charge in [-0.2, -0.15) is 0 Å². The molecule has 2 unspecified atom stereocenters. The van der Waals surface area contributed by atoms with Crippen LogP contribution in [-0.4, -0.2) is 59.3 Å². The first-order chi connectivity index (χ1) is 10.8. The van der Waals surface area contributed by atoms with Crippen molar-refractivity contribution in [3.63, 3.8) is 0 Å². The largest absolute Gasteiger partial charge is 0.394 e. The third kappa shape index (κ3) is 2.26. The average molecular weight is 339 g/mol. The summed E-state index contributed by atoms with van der Waals surface area (Å²) >= 11 is 5.02. The SMILES string of the molecule is C[C@@]1(O)C(O)C(CO)O[C@H]1n1cc(C(N)=S)c2c(N)ncnc21. The topological polar surface area (TPSA) is 153 Å². The summed E-state index contributed by atoms with van der Waals surface area (Å²) < 4.78 is 7.08. The number of fused-ring (bicyclic) bond motifs is 1. The molecular formula is C13H17N5O4S. The van der Waals surface area contributed by atoms with Crippen LogP contribution in [-0.2, 0) is 4.74 Å². The van der Waals surface area contributed by atoms with Gasteiger partial charge in [-0.05, 0) is 6.92 Å². The van der Waals surface area contributed by atoms with Gasteiger partial charge in [0.1, 0.15) is 40.6 Å². The number of hydrogen-bond donors (Lipinski definition) is 5. The van der Waals surface area contributed by atoms with Crippen molar-refractivity contribution in [3.05, 3.63) is 18.1 Å². The van der Waals surface area contributed by atoms with Crippen molar-refractivity contribution < 1.29 is 20.1 Å². The Balaban J connectivity index is 2.21. The van der Waals surface area contributed by atoms with Crippen LogP contribution in [0.15, 0.2) is 12.5 Å². The van der Waals surface area contributed by atoms with E-state index < -0.39 is 30.6 Å². The number of nitrogen functional groups attached to an aromatic ring is 1. The minimum absolute atomic E-state index is 0.0900. The Kier molecular flexibility index (Phi) is 3.73. The number of nitrogens with two attached hydrogens (primary N) is 2. The molecule has 0 radical (unpaired) electrons. The van der Waals surface area contributed by atoms with Gasteiger partial charge in [-0.1, -0.05) is 12.2 Å². The maximum atomic E-state index is 10.6. The molecule has 0 amide bonds. The molecule has 4 atom stereocenters. The molecule has 1 saturated heterocycles. The first-order valence-corrected chi connectivity index (χ1v) is 7.27. The van der Waals surface area contributed by atoms with Gasteiger partial charge in [0.25, 0.3) is 0 Å². The Morgan fingerprint density at radius 3 is 2.78 bits per heavy atom. The lowest BCUT2D eigenvalue weighted by atomic mass is 9.96. The lowest BCUT2D eigenvalue weighted by Crippen LogP contribution is -2.44. The molecule has 23 heavy (non-hydrogen) atoms. The number of thiocarbonyl (C=S) groups is 1. The van der Waals surface area contributed by atoms with Crippen molar-refractivity contribution in [2.24, 2.45) is 5.73 Å². The molecule has 0 bridgehead atoms. The summed E-state index contributed by atoms with van der Waals surface area (Å²) in [6.07, 6.45) is -0.401. The molecule has 1 aliphatic rings. The fourth-order valence-electron chi connectivity index (χ4n) is 2.86. The minimum atomic E-state index is -1.66. The minimum Gasteiger partial charge on any atom is -0.394 e. The van der Waals surface area contributed by atoms with Crippen LogP contribution in [0.4, 0.5) is 5.82 Å². The van der Waals surface area contributed by atoms with E-state index >= 15 is 0 Å². The molecular weight excluding hydrogens is 322 g/mol. The van der Waals surface area contributed by atoms with E-state index in [1.165, 1.54) is 17.8 Å². The first-order valence-electron chi connectivity index (χ1n) is 6.86. The monoisotopic (exact) mass is 339 g/mol. The molecule has 3 rings (SSSR count). The highest BCUT2D eigenvalue weighted by Gasteiger charge is 2.53. The number of nitrogens with zero attached hydrogens (tertiary/aromatic N) is 3. The van der Waals surface area contributed by atoms with Crippen molar-refractivity contribution in [3.8, 4) is 0 Å². The summed E-state index contributed by atoms with van der Waals surface area (Å²) in [7, 11) is 0. The highest BCUT2D eigenvalue weighted by molar-refractivity contribution is 7.80. The number of anilines is 1. The smallest absolute Gasteiger partial charge is 0.167 e. The maximum Gasteiger partial charge on any atom is 0.167 e. The van der Waals surface area contributed by atoms with Crippen molar-refractivity contribution in [2.75, 3.05) is 12.3 Å². The second kappa shape index (κ2) is 5.35. The van der Waals surface area contributed by atoms with Gasteiger partial charge in [0.05, 0.1) is 12.0 Å². The third-order valence-electron chi connectivity index (χ3n) is 4.09. The van der Waals surface area contributed by atoms with Gasteiger partial charge in [-0.3, -0.25) is 0 Å². The summed E-state index contributed by atoms with van der Waals surface area (Å²) in [5.41, 5.74) is 10.7. The zero-order valence-electron chi connectivity index (χ0n) is 12.2. The van der Waals surface area contributed by atoms with Gasteiger partial charge in [0.15, 0.2) is 6.23 Å². The van der Waals surface area contributed by atoms with E-state index in [1.807, 2.05) is 0 Å². The normalized spacial score (nSPS) is 30.9. The van der Waals surface area contributed by atoms with Crippen molar-refractivity contribution >= 4 is 34.1 Å². The summed E-state index contributed by atoms with van der Waals surface area (Å²) in [6.45, 7) is 0.973. The van der Waals surface area contributed by atoms with E-state index in [4.69, 9.17) is 28.4 Å². The van der Waals surface area contributed by atoms with E-state index in [2.05, 4.69) is 9.97 Å². The fraction of sp³-hybridized carbons (Fsp3) is 0.462. The lowest BCUT2D eigenvalue weighted by Gasteiger charge is -2.27. The number of aromatic nitrogens is 3. The number of ether oxygens (including phenoxy) is 1. The second-order valence-electron chi connectivity index (χ2n) is 5.65. The maximum absolute atomic E-state index is 10.6. The highest BCUT2D eigenvalue weighted by Crippen LogP contribution is 2.40. The third-order valence-corrected chi connectivity index (χ3v) is 4.31. The molecule has 1 aliphatic heterocycles. The summed E-state index contributed by atoms with van der Waals surface area (Å²) in [6, 6.07) is 0. The molecule has 9 nitrogen and oxygen atoms in total. The first kappa shape index (κ1) is 16.0. The van der Waals surface area contributed by atoms with Gasteiger partial charge < -0.3 is 36.1 Å². The second-order valence-corrected chi connectivity index (χ2v) is 6.09. The van der Waals surface area contributed by atoms with E-state index in [1.54, 1.807) is 6.20 Å². The van der Waals surface area contributed by atoms with Crippen LogP contribution in [0.25, 0.3) is 11.0 Å². The Hall–Kier alpha value is -1.85. The van der Waals surface area contributed by atoms with Crippen molar-refractivity contribution in [1.29, 1.82) is 0 Å². The van der Waals surface area contributed by atoms with Gasteiger partial charge in [-0.25, -0.2) is 9.97 Å². The molecule has 0 saturated carbocycles. The average Bonchev–Trinajstić information content (AvgIpc) is 2.97. The van der Waals surface area contributed by atoms with Crippen molar-refractivity contribution in [1.82, 2.24) is 14.5 Å². The van der Waals surface area contributed by atoms with E-state index in [9.17, 15) is 15.3 Å². The quantitative estimate of drug-likeness (QED) is 0.427. The standard InChI is InChI=1S/C13H17N5O4S/c1-13(21)8(20)6(3-19)22-12(13)18-2-5(10(15)23)7-9(14)16-4-17-11(7)18/h2,4,6,8,12,19-21H,3H2,1H3,(H2,15,23)(H2,14,16,17)/t6?,8?,12-,13-/m1/s1. The van der Waals surface area contributed by atoms with Crippen LogP contribution in [0.2, 0.25) is 0 Å². The molecule has 124 valence electrons. The van der Waals surface area contributed by atoms with Crippen LogP contribution in [0, 0.1) is 0 Å². The zero-order valence-corrected chi connectivity index (χ0v) is 13.1. The fourth-order valence-corrected chi connectivity index (χ4v) is 3.02. The number of rotatable bonds is 3. The zero-order chi connectivity index (χ0) is 16.9. The Labute approximate surface area is 136 Å². The highest BCUT2D eigenvalue weighted by atomic mass is 32.1. The molecule has 2 aromatic rings. The lowest BCUT2D eigenvalue weighted by molar-refractivity contribution is -0.0948. The Bertz CT molecular complexity index is 777. The Morgan fingerprint density at radius 1 is 1.52 bits per heavy atom. The van der Waals surface area contributed by atoms with Gasteiger partial charge in [0, 0.05) is 11.8 Å². The van der Waals surface area contributed by atoms with Crippen LogP contribution >= 0.6 is 12.2 Å². The van der Waals surface area contributed by atoms with Crippen LogP contribution in [0.5, 0.6) is 0 Å². The van der Waals surface area contributed by atoms with E-state index in [-0.39, 0.29) is 10.8 Å². The summed E-state index contributed by atoms with van der Waals surface area (Å²) in [5, 5.41) is 30.5. The predicted molar refractivity (Wildman–Crippen MR) is 85.5 cm³/mol. The van der Waals surface area contributed by atoms with Crippen LogP contribution in [0.1, 0.15) is 18.7 Å². The Morgan fingerprint density at radius 2 is 2.22 bits per heavy atom. The molecule has 1 fully saturated rings. The number of aliphatic hydroxyl groups is 3. The molecule has 0 spiro atoms. The molecule has 10 heteroatoms. The predicted octanol–water partition coefficient (Wildman–Crippen LogP) is -1.35.